The summed E-state index contributed by atoms with van der Waals surface area (Å²) in [5, 5.41) is 8.51. The van der Waals surface area contributed by atoms with Crippen molar-refractivity contribution < 1.29 is 22.3 Å². The highest BCUT2D eigenvalue weighted by molar-refractivity contribution is 5.60. The number of ether oxygens (including phenoxy) is 1. The van der Waals surface area contributed by atoms with Crippen LogP contribution in [0.2, 0.25) is 0 Å². The molecular formula is C14H8F4N2O. The van der Waals surface area contributed by atoms with Crippen LogP contribution in [0.15, 0.2) is 36.5 Å². The number of nitriles is 1. The van der Waals surface area contributed by atoms with Crippen molar-refractivity contribution in [3.05, 3.63) is 47.9 Å². The summed E-state index contributed by atoms with van der Waals surface area (Å²) >= 11 is 0. The lowest BCUT2D eigenvalue weighted by molar-refractivity contribution is -0.274. The molecule has 0 aliphatic carbocycles. The van der Waals surface area contributed by atoms with Gasteiger partial charge in [0, 0.05) is 11.8 Å². The molecule has 0 aliphatic rings. The number of hydrogen-bond donors (Lipinski definition) is 0. The summed E-state index contributed by atoms with van der Waals surface area (Å²) in [7, 11) is 0. The van der Waals surface area contributed by atoms with Gasteiger partial charge in [0.1, 0.15) is 17.3 Å². The highest BCUT2D eigenvalue weighted by Crippen LogP contribution is 2.27. The molecule has 1 aromatic heterocycles. The Morgan fingerprint density at radius 2 is 1.86 bits per heavy atom. The van der Waals surface area contributed by atoms with E-state index >= 15 is 0 Å². The van der Waals surface area contributed by atoms with E-state index in [0.717, 1.165) is 12.1 Å². The second kappa shape index (κ2) is 5.79. The number of hydrogen-bond acceptors (Lipinski definition) is 3. The van der Waals surface area contributed by atoms with Gasteiger partial charge in [-0.2, -0.15) is 5.26 Å². The van der Waals surface area contributed by atoms with E-state index in [0.29, 0.717) is 11.1 Å². The van der Waals surface area contributed by atoms with Crippen LogP contribution < -0.4 is 4.74 Å². The van der Waals surface area contributed by atoms with Crippen molar-refractivity contribution in [3.8, 4) is 23.1 Å². The molecule has 1 aromatic carbocycles. The van der Waals surface area contributed by atoms with Crippen LogP contribution >= 0.6 is 0 Å². The van der Waals surface area contributed by atoms with Gasteiger partial charge in [-0.25, -0.2) is 4.39 Å². The van der Waals surface area contributed by atoms with E-state index in [2.05, 4.69) is 9.72 Å². The number of pyridine rings is 1. The number of nitrogens with zero attached hydrogens (tertiary/aromatic N) is 2. The molecule has 0 unspecified atom stereocenters. The fraction of sp³-hybridized carbons (Fsp3) is 0.143. The van der Waals surface area contributed by atoms with Gasteiger partial charge in [0.05, 0.1) is 12.5 Å². The van der Waals surface area contributed by atoms with Gasteiger partial charge >= 0.3 is 6.36 Å². The summed E-state index contributed by atoms with van der Waals surface area (Å²) in [6.07, 6.45) is -3.39. The first kappa shape index (κ1) is 14.8. The summed E-state index contributed by atoms with van der Waals surface area (Å²) in [4.78, 5) is 3.88. The Kier molecular flexibility index (Phi) is 4.08. The van der Waals surface area contributed by atoms with Crippen LogP contribution in [0.25, 0.3) is 11.3 Å². The monoisotopic (exact) mass is 296 g/mol. The molecule has 0 amide bonds. The Morgan fingerprint density at radius 1 is 1.19 bits per heavy atom. The maximum Gasteiger partial charge on any atom is 0.573 e. The van der Waals surface area contributed by atoms with Gasteiger partial charge in [-0.05, 0) is 35.9 Å². The van der Waals surface area contributed by atoms with Crippen molar-refractivity contribution in [3.63, 3.8) is 0 Å². The number of halogens is 4. The van der Waals surface area contributed by atoms with E-state index in [1.54, 1.807) is 0 Å². The minimum atomic E-state index is -4.77. The van der Waals surface area contributed by atoms with Crippen molar-refractivity contribution in [1.82, 2.24) is 4.98 Å². The molecule has 0 aliphatic heterocycles. The SMILES string of the molecule is N#CCc1cnc(-c2ccc(OC(F)(F)F)cc2)c(F)c1. The molecule has 108 valence electrons. The molecule has 0 spiro atoms. The van der Waals surface area contributed by atoms with Crippen LogP contribution in [0, 0.1) is 17.1 Å². The number of alkyl halides is 3. The maximum absolute atomic E-state index is 13.8. The zero-order valence-corrected chi connectivity index (χ0v) is 10.5. The first-order valence-electron chi connectivity index (χ1n) is 5.76. The molecule has 1 heterocycles. The van der Waals surface area contributed by atoms with Crippen molar-refractivity contribution in [2.24, 2.45) is 0 Å². The van der Waals surface area contributed by atoms with Gasteiger partial charge in [-0.3, -0.25) is 4.98 Å². The van der Waals surface area contributed by atoms with Gasteiger partial charge in [-0.1, -0.05) is 0 Å². The zero-order chi connectivity index (χ0) is 15.5. The fourth-order valence-corrected chi connectivity index (χ4v) is 1.69. The van der Waals surface area contributed by atoms with Crippen LogP contribution in [0.5, 0.6) is 5.75 Å². The molecular weight excluding hydrogens is 288 g/mol. The van der Waals surface area contributed by atoms with Gasteiger partial charge in [0.25, 0.3) is 0 Å². The Bertz CT molecular complexity index is 675. The third-order valence-electron chi connectivity index (χ3n) is 2.54. The fourth-order valence-electron chi connectivity index (χ4n) is 1.69. The Labute approximate surface area is 117 Å². The molecule has 0 saturated carbocycles. The molecule has 0 N–H and O–H groups in total. The normalized spacial score (nSPS) is 11.0. The van der Waals surface area contributed by atoms with Crippen LogP contribution in [-0.4, -0.2) is 11.3 Å². The third-order valence-corrected chi connectivity index (χ3v) is 2.54. The third kappa shape index (κ3) is 3.92. The average molecular weight is 296 g/mol. The van der Waals surface area contributed by atoms with Crippen molar-refractivity contribution in [2.75, 3.05) is 0 Å². The van der Waals surface area contributed by atoms with Crippen molar-refractivity contribution >= 4 is 0 Å². The lowest BCUT2D eigenvalue weighted by atomic mass is 10.1. The molecule has 0 bridgehead atoms. The summed E-state index contributed by atoms with van der Waals surface area (Å²) in [6, 6.07) is 7.74. The second-order valence-electron chi connectivity index (χ2n) is 4.08. The van der Waals surface area contributed by atoms with Gasteiger partial charge in [0.2, 0.25) is 0 Å². The molecule has 0 atom stereocenters. The highest BCUT2D eigenvalue weighted by atomic mass is 19.4. The first-order valence-corrected chi connectivity index (χ1v) is 5.76. The number of benzene rings is 1. The Morgan fingerprint density at radius 3 is 2.38 bits per heavy atom. The maximum atomic E-state index is 13.8. The van der Waals surface area contributed by atoms with Crippen molar-refractivity contribution in [1.29, 1.82) is 5.26 Å². The molecule has 0 radical (unpaired) electrons. The number of rotatable bonds is 3. The minimum absolute atomic E-state index is 0.00440. The minimum Gasteiger partial charge on any atom is -0.406 e. The largest absolute Gasteiger partial charge is 0.573 e. The molecule has 2 aromatic rings. The van der Waals surface area contributed by atoms with Gasteiger partial charge < -0.3 is 4.74 Å². The van der Waals surface area contributed by atoms with Crippen LogP contribution in [0.4, 0.5) is 17.6 Å². The van der Waals surface area contributed by atoms with Crippen LogP contribution in [-0.2, 0) is 6.42 Å². The Hall–Kier alpha value is -2.62. The topological polar surface area (TPSA) is 45.9 Å². The Balaban J connectivity index is 2.25. The summed E-state index contributed by atoms with van der Waals surface area (Å²) in [5.41, 5.74) is 0.733. The van der Waals surface area contributed by atoms with Gasteiger partial charge in [-0.15, -0.1) is 13.2 Å². The molecule has 21 heavy (non-hydrogen) atoms. The van der Waals surface area contributed by atoms with E-state index in [9.17, 15) is 17.6 Å². The van der Waals surface area contributed by atoms with E-state index in [-0.39, 0.29) is 12.1 Å². The highest BCUT2D eigenvalue weighted by Gasteiger charge is 2.31. The summed E-state index contributed by atoms with van der Waals surface area (Å²) < 4.78 is 53.6. The lowest BCUT2D eigenvalue weighted by Crippen LogP contribution is -2.16. The molecule has 2 rings (SSSR count). The van der Waals surface area contributed by atoms with E-state index in [1.165, 1.54) is 24.4 Å². The standard InChI is InChI=1S/C14H8F4N2O/c15-12-7-9(5-6-19)8-20-13(12)10-1-3-11(4-2-10)21-14(16,17)18/h1-4,7-8H,5H2. The quantitative estimate of drug-likeness (QED) is 0.808. The summed E-state index contributed by atoms with van der Waals surface area (Å²) in [6.45, 7) is 0. The lowest BCUT2D eigenvalue weighted by Gasteiger charge is -2.09. The van der Waals surface area contributed by atoms with E-state index < -0.39 is 17.9 Å². The number of aromatic nitrogens is 1. The molecule has 0 fully saturated rings. The molecule has 0 saturated heterocycles. The smallest absolute Gasteiger partial charge is 0.406 e. The molecule has 7 heteroatoms. The average Bonchev–Trinajstić information content (AvgIpc) is 2.39. The van der Waals surface area contributed by atoms with Crippen LogP contribution in [0.3, 0.4) is 0 Å². The van der Waals surface area contributed by atoms with E-state index in [4.69, 9.17) is 5.26 Å². The van der Waals surface area contributed by atoms with Crippen LogP contribution in [0.1, 0.15) is 5.56 Å². The van der Waals surface area contributed by atoms with Crippen molar-refractivity contribution in [2.45, 2.75) is 12.8 Å². The predicted octanol–water partition coefficient (Wildman–Crippen LogP) is 3.85. The molecule has 3 nitrogen and oxygen atoms in total. The second-order valence-corrected chi connectivity index (χ2v) is 4.08. The first-order chi connectivity index (χ1) is 9.89. The van der Waals surface area contributed by atoms with E-state index in [1.807, 2.05) is 6.07 Å². The van der Waals surface area contributed by atoms with Gasteiger partial charge in [0.15, 0.2) is 0 Å². The zero-order valence-electron chi connectivity index (χ0n) is 10.5. The predicted molar refractivity (Wildman–Crippen MR) is 65.6 cm³/mol. The summed E-state index contributed by atoms with van der Waals surface area (Å²) in [5.74, 6) is -1.04.